The first-order valence-electron chi connectivity index (χ1n) is 6.98. The second-order valence-corrected chi connectivity index (χ2v) is 6.10. The van der Waals surface area contributed by atoms with E-state index in [0.29, 0.717) is 17.1 Å². The summed E-state index contributed by atoms with van der Waals surface area (Å²) in [7, 11) is 0. The van der Waals surface area contributed by atoms with E-state index in [9.17, 15) is 9.18 Å². The Hall–Kier alpha value is -2.08. The van der Waals surface area contributed by atoms with Gasteiger partial charge in [0, 0.05) is 29.3 Å². The van der Waals surface area contributed by atoms with Gasteiger partial charge in [-0.15, -0.1) is 0 Å². The lowest BCUT2D eigenvalue weighted by atomic mass is 10.2. The number of hydrogen-bond acceptors (Lipinski definition) is 4. The van der Waals surface area contributed by atoms with Crippen LogP contribution in [0.2, 0.25) is 0 Å². The number of thioether (sulfide) groups is 1. The molecule has 114 valence electrons. The van der Waals surface area contributed by atoms with Gasteiger partial charge in [-0.3, -0.25) is 4.79 Å². The van der Waals surface area contributed by atoms with Crippen LogP contribution in [0.5, 0.6) is 5.88 Å². The number of aromatic nitrogens is 1. The minimum atomic E-state index is -0.341. The lowest BCUT2D eigenvalue weighted by molar-refractivity contribution is 0.102. The molecule has 1 atom stereocenters. The number of anilines is 1. The number of pyridine rings is 1. The number of carbonyl (C=O) groups is 1. The number of benzene rings is 1. The molecule has 1 fully saturated rings. The Morgan fingerprint density at radius 2 is 2.14 bits per heavy atom. The standard InChI is InChI=1S/C16H15FN2O2S/c17-12-1-3-13(4-2-12)19-16(20)11-5-7-18-15(9-11)21-14-6-8-22-10-14/h1-5,7,9,14H,6,8,10H2,(H,19,20). The van der Waals surface area contributed by atoms with Crippen molar-refractivity contribution in [1.29, 1.82) is 0 Å². The number of nitrogens with zero attached hydrogens (tertiary/aromatic N) is 1. The SMILES string of the molecule is O=C(Nc1ccc(F)cc1)c1ccnc(OC2CCSC2)c1. The molecule has 1 aliphatic rings. The van der Waals surface area contributed by atoms with Gasteiger partial charge in [-0.2, -0.15) is 11.8 Å². The maximum absolute atomic E-state index is 12.9. The Labute approximate surface area is 132 Å². The van der Waals surface area contributed by atoms with Crippen molar-refractivity contribution in [2.24, 2.45) is 0 Å². The van der Waals surface area contributed by atoms with Gasteiger partial charge in [-0.1, -0.05) is 0 Å². The van der Waals surface area contributed by atoms with E-state index in [4.69, 9.17) is 4.74 Å². The van der Waals surface area contributed by atoms with Gasteiger partial charge in [0.2, 0.25) is 5.88 Å². The predicted octanol–water partition coefficient (Wildman–Crippen LogP) is 3.36. The second kappa shape index (κ2) is 6.79. The van der Waals surface area contributed by atoms with Crippen LogP contribution in [0, 0.1) is 5.82 Å². The van der Waals surface area contributed by atoms with Gasteiger partial charge in [-0.05, 0) is 42.5 Å². The van der Waals surface area contributed by atoms with E-state index in [0.717, 1.165) is 17.9 Å². The molecule has 22 heavy (non-hydrogen) atoms. The van der Waals surface area contributed by atoms with E-state index in [-0.39, 0.29) is 17.8 Å². The summed E-state index contributed by atoms with van der Waals surface area (Å²) in [6.45, 7) is 0. The number of ether oxygens (including phenoxy) is 1. The number of nitrogens with one attached hydrogen (secondary N) is 1. The summed E-state index contributed by atoms with van der Waals surface area (Å²) in [5.41, 5.74) is 0.998. The molecule has 0 aliphatic carbocycles. The highest BCUT2D eigenvalue weighted by Gasteiger charge is 2.18. The third-order valence-corrected chi connectivity index (χ3v) is 4.41. The Bertz CT molecular complexity index is 657. The maximum Gasteiger partial charge on any atom is 0.255 e. The zero-order valence-electron chi connectivity index (χ0n) is 11.8. The van der Waals surface area contributed by atoms with E-state index in [2.05, 4.69) is 10.3 Å². The molecule has 1 saturated heterocycles. The Morgan fingerprint density at radius 1 is 1.32 bits per heavy atom. The summed E-state index contributed by atoms with van der Waals surface area (Å²) >= 11 is 1.85. The highest BCUT2D eigenvalue weighted by atomic mass is 32.2. The fourth-order valence-electron chi connectivity index (χ4n) is 2.13. The van der Waals surface area contributed by atoms with Crippen molar-refractivity contribution in [2.45, 2.75) is 12.5 Å². The molecule has 2 aromatic rings. The van der Waals surface area contributed by atoms with Gasteiger partial charge >= 0.3 is 0 Å². The zero-order valence-corrected chi connectivity index (χ0v) is 12.6. The molecule has 0 radical (unpaired) electrons. The largest absolute Gasteiger partial charge is 0.473 e. The van der Waals surface area contributed by atoms with Crippen LogP contribution in [-0.2, 0) is 0 Å². The van der Waals surface area contributed by atoms with Crippen LogP contribution < -0.4 is 10.1 Å². The average Bonchev–Trinajstić information content (AvgIpc) is 3.03. The molecule has 1 aliphatic heterocycles. The number of halogens is 1. The molecule has 1 unspecified atom stereocenters. The Morgan fingerprint density at radius 3 is 2.86 bits per heavy atom. The molecule has 1 N–H and O–H groups in total. The Kier molecular flexibility index (Phi) is 4.58. The van der Waals surface area contributed by atoms with Crippen LogP contribution in [0.1, 0.15) is 16.8 Å². The molecular weight excluding hydrogens is 303 g/mol. The first-order valence-corrected chi connectivity index (χ1v) is 8.13. The fraction of sp³-hybridized carbons (Fsp3) is 0.250. The van der Waals surface area contributed by atoms with Crippen LogP contribution >= 0.6 is 11.8 Å². The van der Waals surface area contributed by atoms with Crippen LogP contribution in [0.3, 0.4) is 0 Å². The molecule has 1 amide bonds. The lowest BCUT2D eigenvalue weighted by Crippen LogP contribution is -2.17. The zero-order chi connectivity index (χ0) is 15.4. The molecule has 4 nitrogen and oxygen atoms in total. The summed E-state index contributed by atoms with van der Waals surface area (Å²) in [5, 5.41) is 2.71. The van der Waals surface area contributed by atoms with Crippen molar-refractivity contribution < 1.29 is 13.9 Å². The van der Waals surface area contributed by atoms with E-state index >= 15 is 0 Å². The third-order valence-electron chi connectivity index (χ3n) is 3.27. The lowest BCUT2D eigenvalue weighted by Gasteiger charge is -2.12. The second-order valence-electron chi connectivity index (χ2n) is 4.95. The summed E-state index contributed by atoms with van der Waals surface area (Å²) in [6, 6.07) is 8.88. The number of carbonyl (C=O) groups excluding carboxylic acids is 1. The molecule has 0 saturated carbocycles. The quantitative estimate of drug-likeness (QED) is 0.939. The van der Waals surface area contributed by atoms with Crippen molar-refractivity contribution in [3.05, 3.63) is 54.0 Å². The summed E-state index contributed by atoms with van der Waals surface area (Å²) in [6.07, 6.45) is 2.71. The van der Waals surface area contributed by atoms with Gasteiger partial charge in [0.15, 0.2) is 0 Å². The average molecular weight is 318 g/mol. The van der Waals surface area contributed by atoms with Crippen molar-refractivity contribution in [1.82, 2.24) is 4.98 Å². The summed E-state index contributed by atoms with van der Waals surface area (Å²) < 4.78 is 18.6. The molecule has 2 heterocycles. The molecular formula is C16H15FN2O2S. The molecule has 6 heteroatoms. The van der Waals surface area contributed by atoms with E-state index < -0.39 is 0 Å². The topological polar surface area (TPSA) is 51.2 Å². The number of amides is 1. The van der Waals surface area contributed by atoms with Gasteiger partial charge < -0.3 is 10.1 Å². The molecule has 1 aromatic carbocycles. The third kappa shape index (κ3) is 3.76. The van der Waals surface area contributed by atoms with Gasteiger partial charge in [0.05, 0.1) is 0 Å². The van der Waals surface area contributed by atoms with Gasteiger partial charge in [0.1, 0.15) is 11.9 Å². The van der Waals surface area contributed by atoms with E-state index in [1.807, 2.05) is 11.8 Å². The minimum absolute atomic E-state index is 0.160. The van der Waals surface area contributed by atoms with Crippen molar-refractivity contribution in [3.63, 3.8) is 0 Å². The monoisotopic (exact) mass is 318 g/mol. The fourth-order valence-corrected chi connectivity index (χ4v) is 3.22. The highest BCUT2D eigenvalue weighted by molar-refractivity contribution is 7.99. The number of hydrogen-bond donors (Lipinski definition) is 1. The van der Waals surface area contributed by atoms with Gasteiger partial charge in [-0.25, -0.2) is 9.37 Å². The molecule has 1 aromatic heterocycles. The van der Waals surface area contributed by atoms with Crippen molar-refractivity contribution >= 4 is 23.4 Å². The maximum atomic E-state index is 12.9. The first-order chi connectivity index (χ1) is 10.7. The molecule has 0 spiro atoms. The smallest absolute Gasteiger partial charge is 0.255 e. The van der Waals surface area contributed by atoms with Crippen LogP contribution in [0.25, 0.3) is 0 Å². The predicted molar refractivity (Wildman–Crippen MR) is 84.9 cm³/mol. The summed E-state index contributed by atoms with van der Waals surface area (Å²) in [4.78, 5) is 16.3. The number of rotatable bonds is 4. The van der Waals surface area contributed by atoms with E-state index in [1.54, 1.807) is 18.3 Å². The normalized spacial score (nSPS) is 17.2. The van der Waals surface area contributed by atoms with Gasteiger partial charge in [0.25, 0.3) is 5.91 Å². The minimum Gasteiger partial charge on any atom is -0.473 e. The Balaban J connectivity index is 1.67. The van der Waals surface area contributed by atoms with Crippen molar-refractivity contribution in [2.75, 3.05) is 16.8 Å². The van der Waals surface area contributed by atoms with Crippen LogP contribution in [-0.4, -0.2) is 28.5 Å². The molecule has 3 rings (SSSR count). The van der Waals surface area contributed by atoms with Crippen LogP contribution in [0.4, 0.5) is 10.1 Å². The van der Waals surface area contributed by atoms with Crippen LogP contribution in [0.15, 0.2) is 42.6 Å². The molecule has 0 bridgehead atoms. The first kappa shape index (κ1) is 14.8. The summed E-state index contributed by atoms with van der Waals surface area (Å²) in [5.74, 6) is 1.88. The highest BCUT2D eigenvalue weighted by Crippen LogP contribution is 2.22. The van der Waals surface area contributed by atoms with Crippen molar-refractivity contribution in [3.8, 4) is 5.88 Å². The van der Waals surface area contributed by atoms with E-state index in [1.165, 1.54) is 24.3 Å².